The number of carbonyl (C=O) groups is 1. The van der Waals surface area contributed by atoms with Gasteiger partial charge in [-0.2, -0.15) is 0 Å². The Morgan fingerprint density at radius 2 is 2.11 bits per heavy atom. The van der Waals surface area contributed by atoms with Crippen molar-refractivity contribution in [1.29, 1.82) is 0 Å². The Morgan fingerprint density at radius 1 is 1.44 bits per heavy atom. The summed E-state index contributed by atoms with van der Waals surface area (Å²) in [5.74, 6) is 0. The van der Waals surface area contributed by atoms with E-state index in [9.17, 15) is 4.79 Å². The van der Waals surface area contributed by atoms with Crippen LogP contribution < -0.4 is 5.73 Å². The van der Waals surface area contributed by atoms with Gasteiger partial charge in [-0.05, 0) is 38.3 Å². The highest BCUT2D eigenvalue weighted by atomic mass is 32.1. The van der Waals surface area contributed by atoms with Crippen LogP contribution in [0.3, 0.4) is 0 Å². The quantitative estimate of drug-likeness (QED) is 0.851. The summed E-state index contributed by atoms with van der Waals surface area (Å²) in [5.41, 5.74) is 7.95. The first kappa shape index (κ1) is 13.2. The highest BCUT2D eigenvalue weighted by molar-refractivity contribution is 7.16. The van der Waals surface area contributed by atoms with E-state index < -0.39 is 5.60 Å². The Kier molecular flexibility index (Phi) is 3.27. The molecule has 18 heavy (non-hydrogen) atoms. The number of hydrogen-bond acceptors (Lipinski definition) is 4. The van der Waals surface area contributed by atoms with Gasteiger partial charge < -0.3 is 10.5 Å². The minimum atomic E-state index is -0.445. The molecule has 100 valence electrons. The molecule has 1 aliphatic heterocycles. The van der Waals surface area contributed by atoms with Crippen LogP contribution in [0, 0.1) is 0 Å². The van der Waals surface area contributed by atoms with Gasteiger partial charge in [0.15, 0.2) is 0 Å². The van der Waals surface area contributed by atoms with Crippen LogP contribution in [0.25, 0.3) is 0 Å². The largest absolute Gasteiger partial charge is 0.444 e. The summed E-state index contributed by atoms with van der Waals surface area (Å²) < 4.78 is 5.39. The Morgan fingerprint density at radius 3 is 2.67 bits per heavy atom. The molecule has 0 unspecified atom stereocenters. The van der Waals surface area contributed by atoms with E-state index in [2.05, 4.69) is 6.92 Å². The zero-order valence-electron chi connectivity index (χ0n) is 11.4. The number of carbonyl (C=O) groups excluding carboxylic acids is 1. The highest BCUT2D eigenvalue weighted by Crippen LogP contribution is 2.38. The van der Waals surface area contributed by atoms with Crippen molar-refractivity contribution in [2.45, 2.75) is 52.8 Å². The number of ether oxygens (including phenoxy) is 1. The van der Waals surface area contributed by atoms with Crippen LogP contribution in [0.2, 0.25) is 0 Å². The molecular weight excluding hydrogens is 248 g/mol. The summed E-state index contributed by atoms with van der Waals surface area (Å²) in [6.45, 7) is 8.99. The summed E-state index contributed by atoms with van der Waals surface area (Å²) in [6, 6.07) is 0. The summed E-state index contributed by atoms with van der Waals surface area (Å²) in [5, 5.41) is 0.895. The van der Waals surface area contributed by atoms with Crippen molar-refractivity contribution in [3.05, 3.63) is 16.0 Å². The van der Waals surface area contributed by atoms with Crippen molar-refractivity contribution in [1.82, 2.24) is 4.90 Å². The summed E-state index contributed by atoms with van der Waals surface area (Å²) >= 11 is 1.60. The molecule has 2 heterocycles. The third-order valence-corrected chi connectivity index (χ3v) is 4.01. The molecule has 1 amide bonds. The Bertz CT molecular complexity index is 474. The number of thiophene rings is 1. The smallest absolute Gasteiger partial charge is 0.410 e. The maximum Gasteiger partial charge on any atom is 0.410 e. The minimum absolute atomic E-state index is 0.244. The number of anilines is 1. The van der Waals surface area contributed by atoms with Gasteiger partial charge in [0.2, 0.25) is 0 Å². The van der Waals surface area contributed by atoms with Crippen LogP contribution >= 0.6 is 11.3 Å². The van der Waals surface area contributed by atoms with Crippen molar-refractivity contribution in [2.24, 2.45) is 0 Å². The van der Waals surface area contributed by atoms with Gasteiger partial charge in [0.05, 0.1) is 18.1 Å². The van der Waals surface area contributed by atoms with Gasteiger partial charge in [-0.25, -0.2) is 4.79 Å². The summed E-state index contributed by atoms with van der Waals surface area (Å²) in [6.07, 6.45) is 0.673. The van der Waals surface area contributed by atoms with Crippen molar-refractivity contribution in [3.63, 3.8) is 0 Å². The fourth-order valence-corrected chi connectivity index (χ4v) is 3.34. The first-order chi connectivity index (χ1) is 8.31. The minimum Gasteiger partial charge on any atom is -0.444 e. The molecule has 1 aromatic heterocycles. The molecule has 2 N–H and O–H groups in total. The summed E-state index contributed by atoms with van der Waals surface area (Å²) in [4.78, 5) is 14.9. The predicted molar refractivity (Wildman–Crippen MR) is 73.6 cm³/mol. The van der Waals surface area contributed by atoms with Crippen LogP contribution in [0.5, 0.6) is 0 Å². The molecule has 0 radical (unpaired) electrons. The molecule has 1 aliphatic rings. The molecule has 0 atom stereocenters. The second-order valence-electron chi connectivity index (χ2n) is 5.54. The molecule has 0 spiro atoms. The number of amides is 1. The number of rotatable bonds is 1. The van der Waals surface area contributed by atoms with Crippen molar-refractivity contribution in [3.8, 4) is 0 Å². The highest BCUT2D eigenvalue weighted by Gasteiger charge is 2.31. The third kappa shape index (κ3) is 2.46. The molecule has 0 saturated carbocycles. The van der Waals surface area contributed by atoms with Gasteiger partial charge in [-0.3, -0.25) is 4.90 Å². The standard InChI is InChI=1S/C13H20N2O2S/c1-5-8-9-6-15(7-10(9)18-11(8)14)12(16)17-13(2,3)4/h5-7,14H2,1-4H3. The second kappa shape index (κ2) is 4.46. The maximum absolute atomic E-state index is 12.0. The molecule has 0 bridgehead atoms. The average molecular weight is 268 g/mol. The van der Waals surface area contributed by atoms with E-state index in [0.29, 0.717) is 13.1 Å². The van der Waals surface area contributed by atoms with E-state index in [4.69, 9.17) is 10.5 Å². The molecule has 0 saturated heterocycles. The molecule has 0 aromatic carbocycles. The first-order valence-electron chi connectivity index (χ1n) is 6.18. The van der Waals surface area contributed by atoms with Crippen molar-refractivity contribution in [2.75, 3.05) is 5.73 Å². The zero-order valence-corrected chi connectivity index (χ0v) is 12.2. The van der Waals surface area contributed by atoms with E-state index in [1.54, 1.807) is 16.2 Å². The molecular formula is C13H20N2O2S. The van der Waals surface area contributed by atoms with E-state index in [0.717, 1.165) is 11.4 Å². The normalized spacial score (nSPS) is 14.8. The SMILES string of the molecule is CCc1c(N)sc2c1CN(C(=O)OC(C)(C)C)C2. The van der Waals surface area contributed by atoms with Crippen LogP contribution in [0.15, 0.2) is 0 Å². The van der Waals surface area contributed by atoms with Gasteiger partial charge in [-0.15, -0.1) is 11.3 Å². The number of nitrogens with two attached hydrogens (primary N) is 1. The molecule has 4 nitrogen and oxygen atoms in total. The average Bonchev–Trinajstić information content (AvgIpc) is 2.71. The number of nitrogens with zero attached hydrogens (tertiary/aromatic N) is 1. The van der Waals surface area contributed by atoms with Gasteiger partial charge in [-0.1, -0.05) is 6.92 Å². The second-order valence-corrected chi connectivity index (χ2v) is 6.67. The van der Waals surface area contributed by atoms with Crippen molar-refractivity contribution < 1.29 is 9.53 Å². The predicted octanol–water partition coefficient (Wildman–Crippen LogP) is 3.14. The number of hydrogen-bond donors (Lipinski definition) is 1. The lowest BCUT2D eigenvalue weighted by Crippen LogP contribution is -2.33. The van der Waals surface area contributed by atoms with Gasteiger partial charge in [0, 0.05) is 4.88 Å². The molecule has 0 fully saturated rings. The number of fused-ring (bicyclic) bond motifs is 1. The van der Waals surface area contributed by atoms with Crippen molar-refractivity contribution >= 4 is 22.4 Å². The fraction of sp³-hybridized carbons (Fsp3) is 0.615. The van der Waals surface area contributed by atoms with E-state index in [1.807, 2.05) is 20.8 Å². The van der Waals surface area contributed by atoms with Gasteiger partial charge in [0.25, 0.3) is 0 Å². The lowest BCUT2D eigenvalue weighted by atomic mass is 10.1. The maximum atomic E-state index is 12.0. The topological polar surface area (TPSA) is 55.6 Å². The monoisotopic (exact) mass is 268 g/mol. The lowest BCUT2D eigenvalue weighted by molar-refractivity contribution is 0.0242. The van der Waals surface area contributed by atoms with E-state index >= 15 is 0 Å². The van der Waals surface area contributed by atoms with Gasteiger partial charge >= 0.3 is 6.09 Å². The first-order valence-corrected chi connectivity index (χ1v) is 7.00. The van der Waals surface area contributed by atoms with Gasteiger partial charge in [0.1, 0.15) is 5.60 Å². The molecule has 0 aliphatic carbocycles. The van der Waals surface area contributed by atoms with Crippen LogP contribution in [0.4, 0.5) is 9.80 Å². The van der Waals surface area contributed by atoms with Crippen LogP contribution in [-0.4, -0.2) is 16.6 Å². The Labute approximate surface area is 112 Å². The van der Waals surface area contributed by atoms with Crippen LogP contribution in [-0.2, 0) is 24.2 Å². The molecule has 2 rings (SSSR count). The number of nitrogen functional groups attached to an aromatic ring is 1. The fourth-order valence-electron chi connectivity index (χ4n) is 2.15. The molecule has 5 heteroatoms. The van der Waals surface area contributed by atoms with E-state index in [-0.39, 0.29) is 6.09 Å². The third-order valence-electron chi connectivity index (χ3n) is 2.92. The summed E-state index contributed by atoms with van der Waals surface area (Å²) in [7, 11) is 0. The lowest BCUT2D eigenvalue weighted by Gasteiger charge is -2.24. The van der Waals surface area contributed by atoms with E-state index in [1.165, 1.54) is 16.0 Å². The Hall–Kier alpha value is -1.23. The molecule has 1 aromatic rings. The van der Waals surface area contributed by atoms with Crippen LogP contribution in [0.1, 0.15) is 43.7 Å². The zero-order chi connectivity index (χ0) is 13.5. The Balaban J connectivity index is 2.11.